The third-order valence-electron chi connectivity index (χ3n) is 2.59. The Morgan fingerprint density at radius 3 is 2.75 bits per heavy atom. The number of nitrogens with one attached hydrogen (secondary N) is 2. The van der Waals surface area contributed by atoms with Gasteiger partial charge in [-0.2, -0.15) is 0 Å². The molecule has 104 valence electrons. The third-order valence-corrected chi connectivity index (χ3v) is 3.08. The quantitative estimate of drug-likeness (QED) is 0.643. The summed E-state index contributed by atoms with van der Waals surface area (Å²) in [6, 6.07) is 7.66. The van der Waals surface area contributed by atoms with Gasteiger partial charge in [0.05, 0.1) is 4.92 Å². The minimum absolute atomic E-state index is 0.162. The largest absolute Gasteiger partial charge is 0.367 e. The van der Waals surface area contributed by atoms with Gasteiger partial charge in [-0.05, 0) is 17.7 Å². The van der Waals surface area contributed by atoms with Crippen molar-refractivity contribution in [1.29, 1.82) is 0 Å². The van der Waals surface area contributed by atoms with Gasteiger partial charge in [-0.25, -0.2) is 9.97 Å². The van der Waals surface area contributed by atoms with Crippen LogP contribution in [-0.2, 0) is 6.54 Å². The fourth-order valence-corrected chi connectivity index (χ4v) is 2.14. The van der Waals surface area contributed by atoms with E-state index >= 15 is 0 Å². The standard InChI is InChI=1S/C12H12BrN5O2/c1-14-11-10(18(19)20)12(17-7-16-11)15-6-8-3-2-4-9(13)5-8/h2-5,7H,6H2,1H3,(H2,14,15,16,17). The van der Waals surface area contributed by atoms with Crippen LogP contribution in [0.3, 0.4) is 0 Å². The summed E-state index contributed by atoms with van der Waals surface area (Å²) in [5.74, 6) is 0.371. The number of benzene rings is 1. The topological polar surface area (TPSA) is 93.0 Å². The molecule has 2 aromatic rings. The molecule has 2 N–H and O–H groups in total. The average Bonchev–Trinajstić information content (AvgIpc) is 2.44. The maximum atomic E-state index is 11.1. The van der Waals surface area contributed by atoms with E-state index in [9.17, 15) is 10.1 Å². The van der Waals surface area contributed by atoms with Gasteiger partial charge in [-0.15, -0.1) is 0 Å². The lowest BCUT2D eigenvalue weighted by Gasteiger charge is -2.08. The van der Waals surface area contributed by atoms with Gasteiger partial charge < -0.3 is 10.6 Å². The molecule has 2 rings (SSSR count). The number of nitro groups is 1. The second kappa shape index (κ2) is 6.29. The molecule has 0 fully saturated rings. The number of halogens is 1. The minimum Gasteiger partial charge on any atom is -0.367 e. The zero-order chi connectivity index (χ0) is 14.5. The summed E-state index contributed by atoms with van der Waals surface area (Å²) in [6.07, 6.45) is 1.28. The molecule has 0 unspecified atom stereocenters. The summed E-state index contributed by atoms with van der Waals surface area (Å²) < 4.78 is 0.949. The Kier molecular flexibility index (Phi) is 4.46. The van der Waals surface area contributed by atoms with Crippen molar-refractivity contribution in [2.24, 2.45) is 0 Å². The monoisotopic (exact) mass is 337 g/mol. The first-order chi connectivity index (χ1) is 9.61. The van der Waals surface area contributed by atoms with E-state index in [0.717, 1.165) is 10.0 Å². The number of aromatic nitrogens is 2. The predicted octanol–water partition coefficient (Wildman–Crippen LogP) is 2.80. The van der Waals surface area contributed by atoms with Gasteiger partial charge in [0.15, 0.2) is 0 Å². The van der Waals surface area contributed by atoms with E-state index in [1.165, 1.54) is 6.33 Å². The normalized spacial score (nSPS) is 10.1. The van der Waals surface area contributed by atoms with Crippen molar-refractivity contribution in [3.63, 3.8) is 0 Å². The molecule has 0 saturated heterocycles. The maximum absolute atomic E-state index is 11.1. The van der Waals surface area contributed by atoms with E-state index in [-0.39, 0.29) is 17.3 Å². The molecular formula is C12H12BrN5O2. The number of hydrogen-bond donors (Lipinski definition) is 2. The third kappa shape index (κ3) is 3.21. The molecular weight excluding hydrogens is 326 g/mol. The molecule has 1 aromatic heterocycles. The van der Waals surface area contributed by atoms with E-state index < -0.39 is 4.92 Å². The van der Waals surface area contributed by atoms with Gasteiger partial charge in [0.1, 0.15) is 6.33 Å². The maximum Gasteiger partial charge on any atom is 0.353 e. The molecule has 8 heteroatoms. The fraction of sp³-hybridized carbons (Fsp3) is 0.167. The van der Waals surface area contributed by atoms with Crippen LogP contribution < -0.4 is 10.6 Å². The highest BCUT2D eigenvalue weighted by atomic mass is 79.9. The first kappa shape index (κ1) is 14.2. The number of rotatable bonds is 5. The van der Waals surface area contributed by atoms with Crippen LogP contribution in [0.1, 0.15) is 5.56 Å². The Bertz CT molecular complexity index is 635. The Balaban J connectivity index is 2.23. The van der Waals surface area contributed by atoms with Crippen molar-refractivity contribution in [2.75, 3.05) is 17.7 Å². The molecule has 0 aliphatic rings. The molecule has 0 aliphatic heterocycles. The molecule has 7 nitrogen and oxygen atoms in total. The van der Waals surface area contributed by atoms with E-state index in [4.69, 9.17) is 0 Å². The van der Waals surface area contributed by atoms with Crippen LogP contribution in [0.2, 0.25) is 0 Å². The van der Waals surface area contributed by atoms with E-state index in [1.807, 2.05) is 24.3 Å². The molecule has 0 radical (unpaired) electrons. The van der Waals surface area contributed by atoms with Crippen molar-refractivity contribution in [3.05, 3.63) is 50.7 Å². The second-order valence-corrected chi connectivity index (χ2v) is 4.83. The smallest absolute Gasteiger partial charge is 0.353 e. The summed E-state index contributed by atoms with van der Waals surface area (Å²) in [6.45, 7) is 0.431. The molecule has 1 heterocycles. The molecule has 0 amide bonds. The van der Waals surface area contributed by atoms with Crippen LogP contribution in [0.25, 0.3) is 0 Å². The Morgan fingerprint density at radius 2 is 2.10 bits per heavy atom. The molecule has 1 aromatic carbocycles. The van der Waals surface area contributed by atoms with Gasteiger partial charge in [0.2, 0.25) is 11.6 Å². The lowest BCUT2D eigenvalue weighted by molar-refractivity contribution is -0.383. The van der Waals surface area contributed by atoms with Gasteiger partial charge in [-0.1, -0.05) is 28.1 Å². The Morgan fingerprint density at radius 1 is 1.35 bits per heavy atom. The lowest BCUT2D eigenvalue weighted by Crippen LogP contribution is -2.08. The lowest BCUT2D eigenvalue weighted by atomic mass is 10.2. The van der Waals surface area contributed by atoms with Crippen LogP contribution in [0.5, 0.6) is 0 Å². The summed E-state index contributed by atoms with van der Waals surface area (Å²) in [5, 5.41) is 16.7. The van der Waals surface area contributed by atoms with E-state index in [2.05, 4.69) is 36.5 Å². The Labute approximate surface area is 123 Å². The van der Waals surface area contributed by atoms with Crippen LogP contribution >= 0.6 is 15.9 Å². The number of nitrogens with zero attached hydrogens (tertiary/aromatic N) is 3. The van der Waals surface area contributed by atoms with Crippen molar-refractivity contribution in [2.45, 2.75) is 6.54 Å². The Hall–Kier alpha value is -2.22. The molecule has 0 spiro atoms. The summed E-state index contributed by atoms with van der Waals surface area (Å²) in [4.78, 5) is 18.4. The fourth-order valence-electron chi connectivity index (χ4n) is 1.70. The summed E-state index contributed by atoms with van der Waals surface area (Å²) in [5.41, 5.74) is 0.822. The minimum atomic E-state index is -0.505. The van der Waals surface area contributed by atoms with Crippen molar-refractivity contribution in [3.8, 4) is 0 Å². The van der Waals surface area contributed by atoms with E-state index in [0.29, 0.717) is 6.54 Å². The molecule has 0 aliphatic carbocycles. The zero-order valence-corrected chi connectivity index (χ0v) is 12.2. The molecule has 0 bridgehead atoms. The SMILES string of the molecule is CNc1ncnc(NCc2cccc(Br)c2)c1[N+](=O)[O-]. The van der Waals surface area contributed by atoms with Gasteiger partial charge in [0, 0.05) is 18.1 Å². The predicted molar refractivity (Wildman–Crippen MR) is 79.7 cm³/mol. The van der Waals surface area contributed by atoms with Crippen LogP contribution in [-0.4, -0.2) is 21.9 Å². The second-order valence-electron chi connectivity index (χ2n) is 3.91. The molecule has 0 saturated carbocycles. The van der Waals surface area contributed by atoms with E-state index in [1.54, 1.807) is 7.05 Å². The van der Waals surface area contributed by atoms with Gasteiger partial charge in [-0.3, -0.25) is 10.1 Å². The molecule has 20 heavy (non-hydrogen) atoms. The van der Waals surface area contributed by atoms with Crippen molar-refractivity contribution in [1.82, 2.24) is 9.97 Å². The first-order valence-corrected chi connectivity index (χ1v) is 6.56. The highest BCUT2D eigenvalue weighted by Gasteiger charge is 2.21. The highest BCUT2D eigenvalue weighted by molar-refractivity contribution is 9.10. The summed E-state index contributed by atoms with van der Waals surface area (Å²) >= 11 is 3.38. The van der Waals surface area contributed by atoms with Gasteiger partial charge in [0.25, 0.3) is 0 Å². The summed E-state index contributed by atoms with van der Waals surface area (Å²) in [7, 11) is 1.58. The molecule has 0 atom stereocenters. The highest BCUT2D eigenvalue weighted by Crippen LogP contribution is 2.28. The number of hydrogen-bond acceptors (Lipinski definition) is 6. The average molecular weight is 338 g/mol. The first-order valence-electron chi connectivity index (χ1n) is 5.77. The van der Waals surface area contributed by atoms with Crippen LogP contribution in [0.15, 0.2) is 35.1 Å². The van der Waals surface area contributed by atoms with Crippen molar-refractivity contribution < 1.29 is 4.92 Å². The zero-order valence-electron chi connectivity index (χ0n) is 10.6. The van der Waals surface area contributed by atoms with Crippen molar-refractivity contribution >= 4 is 33.3 Å². The van der Waals surface area contributed by atoms with Crippen LogP contribution in [0, 0.1) is 10.1 Å². The van der Waals surface area contributed by atoms with Crippen LogP contribution in [0.4, 0.5) is 17.3 Å². The number of anilines is 2. The van der Waals surface area contributed by atoms with Gasteiger partial charge >= 0.3 is 5.69 Å².